The molecule has 1 aliphatic rings. The second kappa shape index (κ2) is 9.69. The lowest BCUT2D eigenvalue weighted by atomic mass is 10.0. The molecule has 2 N–H and O–H groups in total. The average molecular weight is 402 g/mol. The molecule has 1 atom stereocenters. The largest absolute Gasteiger partial charge is 0.354 e. The van der Waals surface area contributed by atoms with E-state index in [2.05, 4.69) is 42.5 Å². The van der Waals surface area contributed by atoms with E-state index in [1.165, 1.54) is 0 Å². The van der Waals surface area contributed by atoms with Gasteiger partial charge in [-0.1, -0.05) is 25.9 Å². The number of likely N-dealkylation sites (N-methyl/N-ethyl adjacent to an activating group) is 1. The molecule has 0 spiro atoms. The van der Waals surface area contributed by atoms with Crippen LogP contribution in [0.3, 0.4) is 0 Å². The first kappa shape index (κ1) is 21.0. The van der Waals surface area contributed by atoms with Crippen LogP contribution in [-0.4, -0.2) is 58.8 Å². The number of rotatable bonds is 7. The first-order valence-electron chi connectivity index (χ1n) is 10.2. The normalized spacial score (nSPS) is 16.1. The van der Waals surface area contributed by atoms with E-state index in [-0.39, 0.29) is 18.0 Å². The van der Waals surface area contributed by atoms with Gasteiger partial charge in [0, 0.05) is 38.9 Å². The van der Waals surface area contributed by atoms with Crippen molar-refractivity contribution in [3.05, 3.63) is 35.6 Å². The van der Waals surface area contributed by atoms with Crippen LogP contribution in [0.2, 0.25) is 0 Å². The summed E-state index contributed by atoms with van der Waals surface area (Å²) in [6.45, 7) is 13.5. The standard InChI is InChI=1S/C20H31N7O2/c1-5-26-8-10-27(11-9-26)17-12-16(6-7-21-17)13-22-20(28)24-18(14(2)3)19-23-15(4)25-29-19/h6-7,12,14,18H,5,8-11,13H2,1-4H3,(H2,22,24,28). The third-order valence-electron chi connectivity index (χ3n) is 5.17. The number of amides is 2. The maximum absolute atomic E-state index is 12.4. The lowest BCUT2D eigenvalue weighted by Crippen LogP contribution is -2.46. The van der Waals surface area contributed by atoms with E-state index in [9.17, 15) is 4.79 Å². The van der Waals surface area contributed by atoms with E-state index in [4.69, 9.17) is 4.52 Å². The summed E-state index contributed by atoms with van der Waals surface area (Å²) in [5.41, 5.74) is 1.01. The number of pyridine rings is 1. The van der Waals surface area contributed by atoms with Gasteiger partial charge in [-0.05, 0) is 37.1 Å². The number of aromatic nitrogens is 3. The molecule has 1 unspecified atom stereocenters. The van der Waals surface area contributed by atoms with Crippen LogP contribution in [0.1, 0.15) is 44.1 Å². The van der Waals surface area contributed by atoms with Crippen molar-refractivity contribution in [2.24, 2.45) is 5.92 Å². The minimum absolute atomic E-state index is 0.120. The molecule has 1 aliphatic heterocycles. The van der Waals surface area contributed by atoms with Crippen molar-refractivity contribution in [3.8, 4) is 0 Å². The Morgan fingerprint density at radius 3 is 2.66 bits per heavy atom. The van der Waals surface area contributed by atoms with Crippen molar-refractivity contribution in [2.45, 2.75) is 40.3 Å². The summed E-state index contributed by atoms with van der Waals surface area (Å²) in [5, 5.41) is 9.65. The van der Waals surface area contributed by atoms with Crippen molar-refractivity contribution in [3.63, 3.8) is 0 Å². The van der Waals surface area contributed by atoms with Gasteiger partial charge in [-0.3, -0.25) is 0 Å². The smallest absolute Gasteiger partial charge is 0.315 e. The maximum atomic E-state index is 12.4. The molecule has 158 valence electrons. The van der Waals surface area contributed by atoms with E-state index >= 15 is 0 Å². The van der Waals surface area contributed by atoms with Gasteiger partial charge in [0.15, 0.2) is 5.82 Å². The lowest BCUT2D eigenvalue weighted by molar-refractivity contribution is 0.224. The SMILES string of the molecule is CCN1CCN(c2cc(CNC(=O)NC(c3nc(C)no3)C(C)C)ccn2)CC1. The molecule has 0 aliphatic carbocycles. The Kier molecular flexibility index (Phi) is 7.03. The first-order chi connectivity index (χ1) is 14.0. The van der Waals surface area contributed by atoms with Gasteiger partial charge in [0.1, 0.15) is 11.9 Å². The third-order valence-corrected chi connectivity index (χ3v) is 5.17. The number of hydrogen-bond donors (Lipinski definition) is 2. The summed E-state index contributed by atoms with van der Waals surface area (Å²) in [7, 11) is 0. The van der Waals surface area contributed by atoms with Crippen molar-refractivity contribution in [1.82, 2.24) is 30.7 Å². The third kappa shape index (κ3) is 5.66. The predicted octanol–water partition coefficient (Wildman–Crippen LogP) is 2.11. The fourth-order valence-corrected chi connectivity index (χ4v) is 3.36. The van der Waals surface area contributed by atoms with Gasteiger partial charge in [0.2, 0.25) is 5.89 Å². The number of anilines is 1. The van der Waals surface area contributed by atoms with Gasteiger partial charge < -0.3 is 25.0 Å². The van der Waals surface area contributed by atoms with Crippen LogP contribution in [0.5, 0.6) is 0 Å². The highest BCUT2D eigenvalue weighted by Crippen LogP contribution is 2.20. The van der Waals surface area contributed by atoms with Crippen LogP contribution in [-0.2, 0) is 6.54 Å². The number of piperazine rings is 1. The summed E-state index contributed by atoms with van der Waals surface area (Å²) in [4.78, 5) is 25.9. The molecule has 0 bridgehead atoms. The van der Waals surface area contributed by atoms with Crippen LogP contribution >= 0.6 is 0 Å². The Hall–Kier alpha value is -2.68. The van der Waals surface area contributed by atoms with Crippen LogP contribution in [0.25, 0.3) is 0 Å². The molecule has 1 saturated heterocycles. The van der Waals surface area contributed by atoms with E-state index in [1.807, 2.05) is 26.0 Å². The highest BCUT2D eigenvalue weighted by Gasteiger charge is 2.24. The summed E-state index contributed by atoms with van der Waals surface area (Å²) in [6.07, 6.45) is 1.80. The number of nitrogens with zero attached hydrogens (tertiary/aromatic N) is 5. The molecule has 0 radical (unpaired) electrons. The number of urea groups is 1. The molecule has 0 aromatic carbocycles. The highest BCUT2D eigenvalue weighted by atomic mass is 16.5. The van der Waals surface area contributed by atoms with Gasteiger partial charge in [-0.15, -0.1) is 0 Å². The molecular weight excluding hydrogens is 370 g/mol. The van der Waals surface area contributed by atoms with Crippen molar-refractivity contribution < 1.29 is 9.32 Å². The van der Waals surface area contributed by atoms with Crippen LogP contribution in [0, 0.1) is 12.8 Å². The molecule has 3 rings (SSSR count). The summed E-state index contributed by atoms with van der Waals surface area (Å²) < 4.78 is 5.23. The van der Waals surface area contributed by atoms with Gasteiger partial charge in [0.25, 0.3) is 0 Å². The maximum Gasteiger partial charge on any atom is 0.315 e. The topological polar surface area (TPSA) is 99.4 Å². The predicted molar refractivity (Wildman–Crippen MR) is 111 cm³/mol. The molecule has 2 aromatic rings. The van der Waals surface area contributed by atoms with Crippen LogP contribution in [0.15, 0.2) is 22.9 Å². The highest BCUT2D eigenvalue weighted by molar-refractivity contribution is 5.74. The quantitative estimate of drug-likeness (QED) is 0.733. The Morgan fingerprint density at radius 2 is 2.03 bits per heavy atom. The fraction of sp³-hybridized carbons (Fsp3) is 0.600. The monoisotopic (exact) mass is 401 g/mol. The van der Waals surface area contributed by atoms with E-state index in [0.717, 1.165) is 44.1 Å². The van der Waals surface area contributed by atoms with Crippen molar-refractivity contribution in [1.29, 1.82) is 0 Å². The Bertz CT molecular complexity index is 800. The summed E-state index contributed by atoms with van der Waals surface area (Å²) in [6, 6.07) is 3.37. The molecular formula is C20H31N7O2. The second-order valence-electron chi connectivity index (χ2n) is 7.67. The Balaban J connectivity index is 1.55. The average Bonchev–Trinajstić information content (AvgIpc) is 3.16. The van der Waals surface area contributed by atoms with Crippen LogP contribution in [0.4, 0.5) is 10.6 Å². The van der Waals surface area contributed by atoms with Gasteiger partial charge in [-0.2, -0.15) is 4.98 Å². The molecule has 29 heavy (non-hydrogen) atoms. The van der Waals surface area contributed by atoms with E-state index in [0.29, 0.717) is 18.3 Å². The van der Waals surface area contributed by atoms with Crippen molar-refractivity contribution >= 4 is 11.8 Å². The van der Waals surface area contributed by atoms with E-state index < -0.39 is 0 Å². The number of hydrogen-bond acceptors (Lipinski definition) is 7. The molecule has 1 fully saturated rings. The van der Waals surface area contributed by atoms with Gasteiger partial charge in [-0.25, -0.2) is 9.78 Å². The first-order valence-corrected chi connectivity index (χ1v) is 10.2. The minimum Gasteiger partial charge on any atom is -0.354 e. The van der Waals surface area contributed by atoms with Gasteiger partial charge >= 0.3 is 6.03 Å². The number of nitrogens with one attached hydrogen (secondary N) is 2. The second-order valence-corrected chi connectivity index (χ2v) is 7.67. The zero-order valence-electron chi connectivity index (χ0n) is 17.7. The fourth-order valence-electron chi connectivity index (χ4n) is 3.36. The minimum atomic E-state index is -0.334. The summed E-state index contributed by atoms with van der Waals surface area (Å²) in [5.74, 6) is 2.05. The Morgan fingerprint density at radius 1 is 1.28 bits per heavy atom. The number of aryl methyl sites for hydroxylation is 1. The molecule has 2 aromatic heterocycles. The van der Waals surface area contributed by atoms with Crippen LogP contribution < -0.4 is 15.5 Å². The molecule has 9 heteroatoms. The van der Waals surface area contributed by atoms with Crippen molar-refractivity contribution in [2.75, 3.05) is 37.6 Å². The number of carbonyl (C=O) groups excluding carboxylic acids is 1. The summed E-state index contributed by atoms with van der Waals surface area (Å²) >= 11 is 0. The zero-order chi connectivity index (χ0) is 20.8. The molecule has 0 saturated carbocycles. The lowest BCUT2D eigenvalue weighted by Gasteiger charge is -2.34. The van der Waals surface area contributed by atoms with Gasteiger partial charge in [0.05, 0.1) is 0 Å². The molecule has 2 amide bonds. The number of carbonyl (C=O) groups is 1. The Labute approximate surface area is 171 Å². The molecule has 9 nitrogen and oxygen atoms in total. The zero-order valence-corrected chi connectivity index (χ0v) is 17.7. The molecule has 3 heterocycles. The van der Waals surface area contributed by atoms with E-state index in [1.54, 1.807) is 13.1 Å².